The lowest BCUT2D eigenvalue weighted by molar-refractivity contribution is 0.101. The summed E-state index contributed by atoms with van der Waals surface area (Å²) >= 11 is 5.87. The fourth-order valence-corrected chi connectivity index (χ4v) is 2.71. The SMILES string of the molecule is CCN(CC)C(=O)Oc1ccc2c(c1)OC(=Cc1ccc(Cl)cc1)C2=O. The number of hydrogen-bond donors (Lipinski definition) is 0. The van der Waals surface area contributed by atoms with Gasteiger partial charge in [-0.1, -0.05) is 23.7 Å². The predicted molar refractivity (Wildman–Crippen MR) is 99.8 cm³/mol. The number of fused-ring (bicyclic) bond motifs is 1. The molecular formula is C20H18ClNO4. The third kappa shape index (κ3) is 3.73. The predicted octanol–water partition coefficient (Wildman–Crippen LogP) is 4.80. The molecule has 6 heteroatoms. The summed E-state index contributed by atoms with van der Waals surface area (Å²) in [6.07, 6.45) is 1.22. The van der Waals surface area contributed by atoms with Gasteiger partial charge in [-0.25, -0.2) is 4.79 Å². The second kappa shape index (κ2) is 7.62. The van der Waals surface area contributed by atoms with Gasteiger partial charge >= 0.3 is 6.09 Å². The van der Waals surface area contributed by atoms with Gasteiger partial charge in [-0.3, -0.25) is 4.79 Å². The van der Waals surface area contributed by atoms with Gasteiger partial charge in [0.1, 0.15) is 11.5 Å². The monoisotopic (exact) mass is 371 g/mol. The molecule has 0 spiro atoms. The molecule has 0 bridgehead atoms. The number of halogens is 1. The molecule has 0 saturated carbocycles. The first kappa shape index (κ1) is 18.0. The Balaban J connectivity index is 1.80. The van der Waals surface area contributed by atoms with Gasteiger partial charge in [-0.05, 0) is 49.8 Å². The van der Waals surface area contributed by atoms with Crippen LogP contribution in [-0.4, -0.2) is 29.9 Å². The number of hydrogen-bond acceptors (Lipinski definition) is 4. The van der Waals surface area contributed by atoms with Crippen molar-refractivity contribution in [3.63, 3.8) is 0 Å². The van der Waals surface area contributed by atoms with Gasteiger partial charge < -0.3 is 14.4 Å². The average Bonchev–Trinajstić information content (AvgIpc) is 2.93. The summed E-state index contributed by atoms with van der Waals surface area (Å²) in [5, 5.41) is 0.619. The van der Waals surface area contributed by atoms with Gasteiger partial charge in [0.15, 0.2) is 5.76 Å². The first-order chi connectivity index (χ1) is 12.5. The molecule has 1 amide bonds. The van der Waals surface area contributed by atoms with Crippen LogP contribution in [0.3, 0.4) is 0 Å². The van der Waals surface area contributed by atoms with Crippen molar-refractivity contribution in [3.8, 4) is 11.5 Å². The highest BCUT2D eigenvalue weighted by Gasteiger charge is 2.28. The molecule has 0 atom stereocenters. The van der Waals surface area contributed by atoms with Gasteiger partial charge in [0.25, 0.3) is 0 Å². The maximum atomic E-state index is 12.5. The Morgan fingerprint density at radius 1 is 1.15 bits per heavy atom. The maximum absolute atomic E-state index is 12.5. The fraction of sp³-hybridized carbons (Fsp3) is 0.200. The van der Waals surface area contributed by atoms with Crippen molar-refractivity contribution in [2.45, 2.75) is 13.8 Å². The van der Waals surface area contributed by atoms with Gasteiger partial charge in [0, 0.05) is 24.2 Å². The van der Waals surface area contributed by atoms with Crippen LogP contribution >= 0.6 is 11.6 Å². The summed E-state index contributed by atoms with van der Waals surface area (Å²) < 4.78 is 11.0. The lowest BCUT2D eigenvalue weighted by Crippen LogP contribution is -2.33. The molecule has 2 aromatic rings. The third-order valence-corrected chi connectivity index (χ3v) is 4.29. The van der Waals surface area contributed by atoms with Crippen LogP contribution in [0.25, 0.3) is 6.08 Å². The number of ketones is 1. The minimum Gasteiger partial charge on any atom is -0.452 e. The Labute approximate surface area is 156 Å². The van der Waals surface area contributed by atoms with Crippen LogP contribution in [0.2, 0.25) is 5.02 Å². The Bertz CT molecular complexity index is 870. The molecule has 134 valence electrons. The van der Waals surface area contributed by atoms with Crippen molar-refractivity contribution >= 4 is 29.6 Å². The van der Waals surface area contributed by atoms with Crippen LogP contribution in [0.15, 0.2) is 48.2 Å². The topological polar surface area (TPSA) is 55.8 Å². The summed E-state index contributed by atoms with van der Waals surface area (Å²) in [5.74, 6) is 0.715. The first-order valence-corrected chi connectivity index (χ1v) is 8.70. The molecule has 2 aromatic carbocycles. The number of rotatable bonds is 4. The number of allylic oxidation sites excluding steroid dienone is 1. The summed E-state index contributed by atoms with van der Waals surface area (Å²) in [4.78, 5) is 26.1. The normalized spacial score (nSPS) is 14.1. The number of Topliss-reactive ketones (excluding diaryl/α,β-unsaturated/α-hetero) is 1. The van der Waals surface area contributed by atoms with Crippen LogP contribution < -0.4 is 9.47 Å². The molecule has 0 aromatic heterocycles. The molecule has 0 fully saturated rings. The van der Waals surface area contributed by atoms with E-state index in [1.807, 2.05) is 13.8 Å². The number of ether oxygens (including phenoxy) is 2. The van der Waals surface area contributed by atoms with E-state index in [0.29, 0.717) is 35.2 Å². The van der Waals surface area contributed by atoms with Gasteiger partial charge in [0.2, 0.25) is 5.78 Å². The number of carbonyl (C=O) groups excluding carboxylic acids is 2. The van der Waals surface area contributed by atoms with Crippen molar-refractivity contribution in [2.24, 2.45) is 0 Å². The largest absolute Gasteiger partial charge is 0.452 e. The molecule has 0 aliphatic carbocycles. The zero-order chi connectivity index (χ0) is 18.7. The Morgan fingerprint density at radius 2 is 1.85 bits per heavy atom. The molecule has 0 saturated heterocycles. The van der Waals surface area contributed by atoms with E-state index in [1.54, 1.807) is 53.4 Å². The Hall–Kier alpha value is -2.79. The molecule has 26 heavy (non-hydrogen) atoms. The lowest BCUT2D eigenvalue weighted by atomic mass is 10.1. The molecule has 0 N–H and O–H groups in total. The van der Waals surface area contributed by atoms with E-state index < -0.39 is 6.09 Å². The summed E-state index contributed by atoms with van der Waals surface area (Å²) in [6.45, 7) is 4.87. The number of nitrogens with zero attached hydrogens (tertiary/aromatic N) is 1. The minimum absolute atomic E-state index is 0.212. The Kier molecular flexibility index (Phi) is 5.28. The van der Waals surface area contributed by atoms with Crippen molar-refractivity contribution in [1.29, 1.82) is 0 Å². The van der Waals surface area contributed by atoms with Crippen LogP contribution in [0.1, 0.15) is 29.8 Å². The number of amides is 1. The van der Waals surface area contributed by atoms with E-state index in [2.05, 4.69) is 0 Å². The van der Waals surface area contributed by atoms with E-state index in [4.69, 9.17) is 21.1 Å². The molecule has 1 aliphatic heterocycles. The van der Waals surface area contributed by atoms with E-state index in [9.17, 15) is 9.59 Å². The van der Waals surface area contributed by atoms with Crippen molar-refractivity contribution < 1.29 is 19.1 Å². The van der Waals surface area contributed by atoms with Crippen LogP contribution in [0.5, 0.6) is 11.5 Å². The third-order valence-electron chi connectivity index (χ3n) is 4.04. The molecule has 1 heterocycles. The summed E-state index contributed by atoms with van der Waals surface area (Å²) in [5.41, 5.74) is 1.24. The number of carbonyl (C=O) groups is 2. The molecule has 0 radical (unpaired) electrons. The minimum atomic E-state index is -0.434. The number of benzene rings is 2. The van der Waals surface area contributed by atoms with E-state index in [0.717, 1.165) is 5.56 Å². The average molecular weight is 372 g/mol. The summed E-state index contributed by atoms with van der Waals surface area (Å²) in [7, 11) is 0. The highest BCUT2D eigenvalue weighted by atomic mass is 35.5. The first-order valence-electron chi connectivity index (χ1n) is 8.32. The van der Waals surface area contributed by atoms with Gasteiger partial charge in [-0.2, -0.15) is 0 Å². The second-order valence-electron chi connectivity index (χ2n) is 5.69. The van der Waals surface area contributed by atoms with Gasteiger partial charge in [0.05, 0.1) is 5.56 Å². The van der Waals surface area contributed by atoms with Crippen LogP contribution in [0, 0.1) is 0 Å². The highest BCUT2D eigenvalue weighted by Crippen LogP contribution is 2.35. The smallest absolute Gasteiger partial charge is 0.415 e. The highest BCUT2D eigenvalue weighted by molar-refractivity contribution is 6.30. The van der Waals surface area contributed by atoms with Crippen molar-refractivity contribution in [3.05, 3.63) is 64.4 Å². The van der Waals surface area contributed by atoms with Gasteiger partial charge in [-0.15, -0.1) is 0 Å². The fourth-order valence-electron chi connectivity index (χ4n) is 2.59. The van der Waals surface area contributed by atoms with E-state index >= 15 is 0 Å². The van der Waals surface area contributed by atoms with E-state index in [-0.39, 0.29) is 11.5 Å². The second-order valence-corrected chi connectivity index (χ2v) is 6.13. The zero-order valence-corrected chi connectivity index (χ0v) is 15.2. The zero-order valence-electron chi connectivity index (χ0n) is 14.5. The van der Waals surface area contributed by atoms with Crippen molar-refractivity contribution in [1.82, 2.24) is 4.90 Å². The van der Waals surface area contributed by atoms with Crippen LogP contribution in [-0.2, 0) is 0 Å². The van der Waals surface area contributed by atoms with E-state index in [1.165, 1.54) is 0 Å². The molecule has 3 rings (SSSR count). The quantitative estimate of drug-likeness (QED) is 0.724. The standard InChI is InChI=1S/C20H18ClNO4/c1-3-22(4-2)20(24)25-15-9-10-16-17(12-15)26-18(19(16)23)11-13-5-7-14(21)8-6-13/h5-12H,3-4H2,1-2H3. The molecule has 0 unspecified atom stereocenters. The Morgan fingerprint density at radius 3 is 2.50 bits per heavy atom. The maximum Gasteiger partial charge on any atom is 0.415 e. The van der Waals surface area contributed by atoms with Crippen LogP contribution in [0.4, 0.5) is 4.79 Å². The molecule has 5 nitrogen and oxygen atoms in total. The lowest BCUT2D eigenvalue weighted by Gasteiger charge is -2.17. The van der Waals surface area contributed by atoms with Crippen molar-refractivity contribution in [2.75, 3.05) is 13.1 Å². The molecular weight excluding hydrogens is 354 g/mol. The molecule has 1 aliphatic rings. The summed E-state index contributed by atoms with van der Waals surface area (Å²) in [6, 6.07) is 11.8.